The molecule has 0 saturated heterocycles. The third-order valence-electron chi connectivity index (χ3n) is 5.16. The van der Waals surface area contributed by atoms with Gasteiger partial charge in [0.2, 0.25) is 17.7 Å². The van der Waals surface area contributed by atoms with Gasteiger partial charge in [-0.3, -0.25) is 34.0 Å². The van der Waals surface area contributed by atoms with Crippen LogP contribution in [-0.2, 0) is 28.8 Å². The van der Waals surface area contributed by atoms with Gasteiger partial charge >= 0.3 is 17.9 Å². The van der Waals surface area contributed by atoms with E-state index in [0.717, 1.165) is 0 Å². The van der Waals surface area contributed by atoms with E-state index in [1.807, 2.05) is 5.32 Å². The molecule has 0 aliphatic rings. The number of carbonyl (C=O) groups is 6. The van der Waals surface area contributed by atoms with Crippen molar-refractivity contribution in [2.75, 3.05) is 13.1 Å². The maximum atomic E-state index is 13.1. The van der Waals surface area contributed by atoms with Gasteiger partial charge in [0.25, 0.3) is 0 Å². The summed E-state index contributed by atoms with van der Waals surface area (Å²) in [6, 6.07) is -5.76. The quantitative estimate of drug-likeness (QED) is 0.0369. The molecule has 40 heavy (non-hydrogen) atoms. The summed E-state index contributed by atoms with van der Waals surface area (Å²) in [6.07, 6.45) is -1.35. The molecule has 0 fully saturated rings. The van der Waals surface area contributed by atoms with Crippen LogP contribution in [0.25, 0.3) is 0 Å². The third-order valence-corrected chi connectivity index (χ3v) is 5.16. The third kappa shape index (κ3) is 16.2. The first-order chi connectivity index (χ1) is 18.6. The Morgan fingerprint density at radius 3 is 1.52 bits per heavy atom. The first-order valence-corrected chi connectivity index (χ1v) is 12.1. The summed E-state index contributed by atoms with van der Waals surface area (Å²) in [7, 11) is 0. The SMILES string of the molecule is NC(N)=NCCCC(N)C(=O)NC(CCCN=C(N)N)C(=O)NC(CCC(=O)O)C(=O)NC(CC(=O)O)C(=O)O. The molecular weight excluding hydrogens is 536 g/mol. The van der Waals surface area contributed by atoms with Crippen LogP contribution < -0.4 is 44.6 Å². The number of nitrogens with zero attached hydrogens (tertiary/aromatic N) is 2. The lowest BCUT2D eigenvalue weighted by Gasteiger charge is -2.25. The van der Waals surface area contributed by atoms with Gasteiger partial charge in [-0.25, -0.2) is 4.79 Å². The lowest BCUT2D eigenvalue weighted by Crippen LogP contribution is -2.57. The molecule has 4 unspecified atom stereocenters. The van der Waals surface area contributed by atoms with Gasteiger partial charge in [0, 0.05) is 19.5 Å². The molecule has 0 rings (SSSR count). The molecule has 0 aromatic heterocycles. The molecule has 4 atom stereocenters. The van der Waals surface area contributed by atoms with Gasteiger partial charge in [-0.2, -0.15) is 0 Å². The number of nitrogens with two attached hydrogens (primary N) is 5. The molecular formula is C21H38N10O9. The van der Waals surface area contributed by atoms with Gasteiger partial charge in [-0.15, -0.1) is 0 Å². The van der Waals surface area contributed by atoms with Crippen LogP contribution in [-0.4, -0.2) is 100 Å². The van der Waals surface area contributed by atoms with E-state index in [1.165, 1.54) is 0 Å². The molecule has 0 heterocycles. The fourth-order valence-corrected chi connectivity index (χ4v) is 3.16. The highest BCUT2D eigenvalue weighted by Crippen LogP contribution is 2.06. The molecule has 0 aliphatic carbocycles. The number of carboxylic acid groups (broad SMARTS) is 3. The van der Waals surface area contributed by atoms with Crippen LogP contribution in [0.2, 0.25) is 0 Å². The van der Waals surface area contributed by atoms with Crippen LogP contribution >= 0.6 is 0 Å². The van der Waals surface area contributed by atoms with Crippen molar-refractivity contribution in [3.05, 3.63) is 0 Å². The Balaban J connectivity index is 5.67. The second kappa shape index (κ2) is 18.6. The van der Waals surface area contributed by atoms with Gasteiger partial charge in [0.05, 0.1) is 12.5 Å². The van der Waals surface area contributed by atoms with Crippen molar-refractivity contribution < 1.29 is 44.1 Å². The molecule has 0 radical (unpaired) electrons. The summed E-state index contributed by atoms with van der Waals surface area (Å²) < 4.78 is 0. The van der Waals surface area contributed by atoms with E-state index in [2.05, 4.69) is 20.6 Å². The number of amides is 3. The minimum absolute atomic E-state index is 0.0287. The molecule has 3 amide bonds. The number of aliphatic imine (C=N–C) groups is 2. The van der Waals surface area contributed by atoms with Gasteiger partial charge in [-0.05, 0) is 32.1 Å². The summed E-state index contributed by atoms with van der Waals surface area (Å²) >= 11 is 0. The van der Waals surface area contributed by atoms with E-state index in [0.29, 0.717) is 6.42 Å². The molecule has 19 heteroatoms. The van der Waals surface area contributed by atoms with E-state index in [4.69, 9.17) is 38.9 Å². The molecule has 0 saturated carbocycles. The molecule has 0 bridgehead atoms. The summed E-state index contributed by atoms with van der Waals surface area (Å²) in [4.78, 5) is 79.3. The van der Waals surface area contributed by atoms with Gasteiger partial charge in [0.1, 0.15) is 18.1 Å². The van der Waals surface area contributed by atoms with Crippen molar-refractivity contribution in [1.29, 1.82) is 0 Å². The van der Waals surface area contributed by atoms with E-state index >= 15 is 0 Å². The van der Waals surface area contributed by atoms with E-state index in [1.54, 1.807) is 0 Å². The Labute approximate surface area is 229 Å². The highest BCUT2D eigenvalue weighted by atomic mass is 16.4. The summed E-state index contributed by atoms with van der Waals surface area (Å²) in [5, 5.41) is 33.8. The molecule has 19 nitrogen and oxygen atoms in total. The number of aliphatic carboxylic acids is 3. The number of carboxylic acids is 3. The Morgan fingerprint density at radius 2 is 1.07 bits per heavy atom. The van der Waals surface area contributed by atoms with Crippen LogP contribution in [0.3, 0.4) is 0 Å². The fraction of sp³-hybridized carbons (Fsp3) is 0.619. The van der Waals surface area contributed by atoms with Gasteiger partial charge in [0.15, 0.2) is 11.9 Å². The number of hydrogen-bond acceptors (Lipinski definition) is 9. The zero-order valence-corrected chi connectivity index (χ0v) is 21.7. The smallest absolute Gasteiger partial charge is 0.326 e. The van der Waals surface area contributed by atoms with Crippen LogP contribution in [0.1, 0.15) is 44.9 Å². The van der Waals surface area contributed by atoms with Crippen molar-refractivity contribution in [1.82, 2.24) is 16.0 Å². The lowest BCUT2D eigenvalue weighted by atomic mass is 10.1. The van der Waals surface area contributed by atoms with E-state index in [-0.39, 0.29) is 44.3 Å². The zero-order chi connectivity index (χ0) is 30.8. The van der Waals surface area contributed by atoms with Crippen LogP contribution in [0.5, 0.6) is 0 Å². The predicted octanol–water partition coefficient (Wildman–Crippen LogP) is -4.70. The number of carbonyl (C=O) groups excluding carboxylic acids is 3. The monoisotopic (exact) mass is 574 g/mol. The predicted molar refractivity (Wildman–Crippen MR) is 140 cm³/mol. The maximum Gasteiger partial charge on any atom is 0.326 e. The van der Waals surface area contributed by atoms with Crippen molar-refractivity contribution in [3.8, 4) is 0 Å². The average Bonchev–Trinajstić information content (AvgIpc) is 2.84. The highest BCUT2D eigenvalue weighted by Gasteiger charge is 2.31. The van der Waals surface area contributed by atoms with Crippen LogP contribution in [0.15, 0.2) is 9.98 Å². The molecule has 0 aliphatic heterocycles. The standard InChI is InChI=1S/C21H38N10O9/c22-10(3-1-7-27-20(23)24)16(36)29-11(4-2-8-28-21(25)26)17(37)30-12(5-6-14(32)33)18(38)31-13(19(39)40)9-15(34)35/h10-13H,1-9,22H2,(H,29,36)(H,30,37)(H,31,38)(H,32,33)(H,34,35)(H,39,40)(H4,23,24,27)(H4,25,26,28). The minimum atomic E-state index is -1.85. The van der Waals surface area contributed by atoms with Crippen molar-refractivity contribution >= 4 is 47.5 Å². The highest BCUT2D eigenvalue weighted by molar-refractivity contribution is 5.94. The number of hydrogen-bond donors (Lipinski definition) is 11. The normalized spacial score (nSPS) is 13.4. The number of guanidine groups is 2. The molecule has 0 aromatic rings. The van der Waals surface area contributed by atoms with E-state index in [9.17, 15) is 33.9 Å². The molecule has 0 aromatic carbocycles. The number of rotatable bonds is 20. The Kier molecular flexibility index (Phi) is 16.4. The Bertz CT molecular complexity index is 965. The molecule has 16 N–H and O–H groups in total. The Morgan fingerprint density at radius 1 is 0.625 bits per heavy atom. The lowest BCUT2D eigenvalue weighted by molar-refractivity contribution is -0.147. The molecule has 226 valence electrons. The van der Waals surface area contributed by atoms with E-state index < -0.39 is 79.1 Å². The second-order valence-electron chi connectivity index (χ2n) is 8.56. The fourth-order valence-electron chi connectivity index (χ4n) is 3.16. The van der Waals surface area contributed by atoms with Crippen molar-refractivity contribution in [3.63, 3.8) is 0 Å². The maximum absolute atomic E-state index is 13.1. The van der Waals surface area contributed by atoms with Gasteiger partial charge in [-0.1, -0.05) is 0 Å². The van der Waals surface area contributed by atoms with Gasteiger partial charge < -0.3 is 59.9 Å². The topological polar surface area (TPSA) is 354 Å². The summed E-state index contributed by atoms with van der Waals surface area (Å²) in [5.74, 6) is -7.59. The first kappa shape index (κ1) is 35.3. The largest absolute Gasteiger partial charge is 0.481 e. The van der Waals surface area contributed by atoms with Crippen LogP contribution in [0.4, 0.5) is 0 Å². The summed E-state index contributed by atoms with van der Waals surface area (Å²) in [6.45, 7) is 0.302. The Hall–Kier alpha value is -4.68. The van der Waals surface area contributed by atoms with Crippen molar-refractivity contribution in [2.45, 2.75) is 69.1 Å². The average molecular weight is 575 g/mol. The molecule has 0 spiro atoms. The van der Waals surface area contributed by atoms with Crippen molar-refractivity contribution in [2.24, 2.45) is 38.7 Å². The zero-order valence-electron chi connectivity index (χ0n) is 21.7. The minimum Gasteiger partial charge on any atom is -0.481 e. The second-order valence-corrected chi connectivity index (χ2v) is 8.56. The first-order valence-electron chi connectivity index (χ1n) is 12.1. The summed E-state index contributed by atoms with van der Waals surface area (Å²) in [5.41, 5.74) is 26.9. The number of nitrogens with one attached hydrogen (secondary N) is 3. The van der Waals surface area contributed by atoms with Crippen LogP contribution in [0, 0.1) is 0 Å².